The Morgan fingerprint density at radius 3 is 2.64 bits per heavy atom. The van der Waals surface area contributed by atoms with Crippen LogP contribution >= 0.6 is 11.6 Å². The molecule has 2 rings (SSSR count). The van der Waals surface area contributed by atoms with Crippen molar-refractivity contribution < 1.29 is 22.8 Å². The first-order chi connectivity index (χ1) is 10.2. The molecule has 1 atom stereocenters. The zero-order valence-electron chi connectivity index (χ0n) is 11.3. The third-order valence-electron chi connectivity index (χ3n) is 3.35. The second-order valence-electron chi connectivity index (χ2n) is 4.93. The van der Waals surface area contributed by atoms with Crippen molar-refractivity contribution in [3.05, 3.63) is 28.8 Å². The fourth-order valence-corrected chi connectivity index (χ4v) is 2.52. The molecule has 1 unspecified atom stereocenters. The van der Waals surface area contributed by atoms with E-state index in [4.69, 9.17) is 17.3 Å². The Hall–Kier alpha value is -1.96. The van der Waals surface area contributed by atoms with Gasteiger partial charge in [0.05, 0.1) is 5.56 Å². The summed E-state index contributed by atoms with van der Waals surface area (Å²) in [4.78, 5) is 24.1. The molecule has 1 aromatic carbocycles. The number of nitrogens with one attached hydrogen (secondary N) is 1. The molecule has 0 aliphatic carbocycles. The minimum absolute atomic E-state index is 0.156. The van der Waals surface area contributed by atoms with Gasteiger partial charge in [-0.2, -0.15) is 13.2 Å². The topological polar surface area (TPSA) is 75.4 Å². The van der Waals surface area contributed by atoms with E-state index in [1.807, 2.05) is 5.32 Å². The van der Waals surface area contributed by atoms with Gasteiger partial charge in [-0.3, -0.25) is 9.59 Å². The average Bonchev–Trinajstić information content (AvgIpc) is 2.85. The summed E-state index contributed by atoms with van der Waals surface area (Å²) in [6, 6.07) is 3.90. The number of hydrogen-bond acceptors (Lipinski definition) is 3. The molecule has 2 amide bonds. The van der Waals surface area contributed by atoms with Crippen LogP contribution in [0.25, 0.3) is 0 Å². The first kappa shape index (κ1) is 16.4. The third-order valence-corrected chi connectivity index (χ3v) is 3.58. The summed E-state index contributed by atoms with van der Waals surface area (Å²) in [7, 11) is 0. The van der Waals surface area contributed by atoms with Crippen LogP contribution < -0.4 is 16.0 Å². The van der Waals surface area contributed by atoms with Crippen LogP contribution in [0.15, 0.2) is 18.2 Å². The van der Waals surface area contributed by atoms with Crippen LogP contribution in [-0.4, -0.2) is 37.1 Å². The lowest BCUT2D eigenvalue weighted by molar-refractivity contribution is -0.174. The lowest BCUT2D eigenvalue weighted by Gasteiger charge is -2.21. The Bertz CT molecular complexity index is 607. The summed E-state index contributed by atoms with van der Waals surface area (Å²) < 4.78 is 36.7. The lowest BCUT2D eigenvalue weighted by Crippen LogP contribution is -2.44. The van der Waals surface area contributed by atoms with Gasteiger partial charge >= 0.3 is 12.1 Å². The first-order valence-corrected chi connectivity index (χ1v) is 6.78. The minimum atomic E-state index is -4.91. The highest BCUT2D eigenvalue weighted by atomic mass is 35.5. The molecule has 1 saturated heterocycles. The summed E-state index contributed by atoms with van der Waals surface area (Å²) >= 11 is 5.81. The zero-order valence-corrected chi connectivity index (χ0v) is 12.0. The lowest BCUT2D eigenvalue weighted by atomic mass is 10.1. The average molecular weight is 336 g/mol. The molecule has 5 nitrogen and oxygen atoms in total. The Balaban J connectivity index is 2.11. The Morgan fingerprint density at radius 1 is 1.36 bits per heavy atom. The van der Waals surface area contributed by atoms with Crippen molar-refractivity contribution >= 4 is 29.1 Å². The molecule has 1 aromatic rings. The van der Waals surface area contributed by atoms with Crippen molar-refractivity contribution in [2.24, 2.45) is 5.73 Å². The van der Waals surface area contributed by atoms with E-state index in [0.29, 0.717) is 23.7 Å². The molecule has 1 aliphatic heterocycles. The number of benzene rings is 1. The number of anilines is 1. The number of rotatable bonds is 3. The van der Waals surface area contributed by atoms with Crippen LogP contribution in [0.5, 0.6) is 0 Å². The second-order valence-corrected chi connectivity index (χ2v) is 5.36. The van der Waals surface area contributed by atoms with Crippen LogP contribution in [0.4, 0.5) is 18.9 Å². The van der Waals surface area contributed by atoms with Gasteiger partial charge in [0.1, 0.15) is 0 Å². The van der Waals surface area contributed by atoms with Gasteiger partial charge in [-0.15, -0.1) is 0 Å². The first-order valence-electron chi connectivity index (χ1n) is 6.40. The van der Waals surface area contributed by atoms with E-state index in [9.17, 15) is 22.8 Å². The molecule has 1 heterocycles. The van der Waals surface area contributed by atoms with Crippen LogP contribution in [0, 0.1) is 0 Å². The van der Waals surface area contributed by atoms with Gasteiger partial charge in [0.15, 0.2) is 0 Å². The monoisotopic (exact) mass is 335 g/mol. The smallest absolute Gasteiger partial charge is 0.369 e. The molecule has 0 radical (unpaired) electrons. The Kier molecular flexibility index (Phi) is 4.50. The molecule has 1 aliphatic rings. The Morgan fingerprint density at radius 2 is 2.05 bits per heavy atom. The number of amides is 2. The van der Waals surface area contributed by atoms with Gasteiger partial charge in [0.25, 0.3) is 5.91 Å². The van der Waals surface area contributed by atoms with Gasteiger partial charge in [-0.25, -0.2) is 0 Å². The van der Waals surface area contributed by atoms with E-state index in [1.54, 1.807) is 17.0 Å². The van der Waals surface area contributed by atoms with Crippen molar-refractivity contribution in [1.29, 1.82) is 0 Å². The molecule has 120 valence electrons. The molecule has 0 aromatic heterocycles. The summed E-state index contributed by atoms with van der Waals surface area (Å²) in [5.41, 5.74) is 5.96. The molecule has 1 fully saturated rings. The van der Waals surface area contributed by atoms with E-state index in [1.165, 1.54) is 6.07 Å². The van der Waals surface area contributed by atoms with Gasteiger partial charge < -0.3 is 16.0 Å². The molecule has 0 saturated carbocycles. The summed E-state index contributed by atoms with van der Waals surface area (Å²) in [6.45, 7) is 0.550. The van der Waals surface area contributed by atoms with E-state index in [2.05, 4.69) is 0 Å². The zero-order chi connectivity index (χ0) is 16.5. The van der Waals surface area contributed by atoms with Crippen molar-refractivity contribution in [3.8, 4) is 0 Å². The summed E-state index contributed by atoms with van der Waals surface area (Å²) in [5.74, 6) is -2.65. The number of carbonyl (C=O) groups is 2. The van der Waals surface area contributed by atoms with Crippen LogP contribution in [0.3, 0.4) is 0 Å². The van der Waals surface area contributed by atoms with Crippen molar-refractivity contribution in [2.75, 3.05) is 18.0 Å². The number of hydrogen-bond donors (Lipinski definition) is 2. The predicted octanol–water partition coefficient (Wildman–Crippen LogP) is 1.70. The van der Waals surface area contributed by atoms with Gasteiger partial charge in [-0.05, 0) is 24.6 Å². The van der Waals surface area contributed by atoms with Gasteiger partial charge in [-0.1, -0.05) is 11.6 Å². The fraction of sp³-hybridized carbons (Fsp3) is 0.385. The number of nitrogens with zero attached hydrogens (tertiary/aromatic N) is 1. The number of alkyl halides is 3. The van der Waals surface area contributed by atoms with E-state index in [-0.39, 0.29) is 12.1 Å². The highest BCUT2D eigenvalue weighted by molar-refractivity contribution is 6.31. The standard InChI is InChI=1S/C13H13ClF3N3O2/c14-7-1-2-10(9(5-7)11(18)21)20-4-3-8(6-20)19-12(22)13(15,16)17/h1-2,5,8H,3-4,6H2,(H2,18,21)(H,19,22). The third kappa shape index (κ3) is 3.62. The van der Waals surface area contributed by atoms with Gasteiger partial charge in [0.2, 0.25) is 0 Å². The highest BCUT2D eigenvalue weighted by Crippen LogP contribution is 2.27. The van der Waals surface area contributed by atoms with Crippen LogP contribution in [0.1, 0.15) is 16.8 Å². The van der Waals surface area contributed by atoms with Crippen molar-refractivity contribution in [2.45, 2.75) is 18.6 Å². The van der Waals surface area contributed by atoms with E-state index in [0.717, 1.165) is 0 Å². The van der Waals surface area contributed by atoms with E-state index < -0.39 is 24.0 Å². The maximum atomic E-state index is 12.2. The predicted molar refractivity (Wildman–Crippen MR) is 74.8 cm³/mol. The fourth-order valence-electron chi connectivity index (χ4n) is 2.35. The number of carbonyl (C=O) groups excluding carboxylic acids is 2. The summed E-state index contributed by atoms with van der Waals surface area (Å²) in [5, 5.41) is 2.26. The van der Waals surface area contributed by atoms with E-state index >= 15 is 0 Å². The quantitative estimate of drug-likeness (QED) is 0.882. The number of halogens is 4. The van der Waals surface area contributed by atoms with Crippen LogP contribution in [0.2, 0.25) is 5.02 Å². The largest absolute Gasteiger partial charge is 0.471 e. The maximum absolute atomic E-state index is 12.2. The Labute approximate surface area is 129 Å². The second kappa shape index (κ2) is 6.04. The molecular weight excluding hydrogens is 323 g/mol. The van der Waals surface area contributed by atoms with Crippen molar-refractivity contribution in [3.63, 3.8) is 0 Å². The normalized spacial score (nSPS) is 18.4. The molecular formula is C13H13ClF3N3O2. The molecule has 9 heteroatoms. The molecule has 3 N–H and O–H groups in total. The maximum Gasteiger partial charge on any atom is 0.471 e. The van der Waals surface area contributed by atoms with Crippen LogP contribution in [-0.2, 0) is 4.79 Å². The van der Waals surface area contributed by atoms with Gasteiger partial charge in [0, 0.05) is 29.8 Å². The minimum Gasteiger partial charge on any atom is -0.369 e. The SMILES string of the molecule is NC(=O)c1cc(Cl)ccc1N1CCC(NC(=O)C(F)(F)F)C1. The number of nitrogens with two attached hydrogens (primary N) is 1. The summed E-state index contributed by atoms with van der Waals surface area (Å²) in [6.07, 6.45) is -4.57. The van der Waals surface area contributed by atoms with Crippen molar-refractivity contribution in [1.82, 2.24) is 5.32 Å². The molecule has 22 heavy (non-hydrogen) atoms. The molecule has 0 bridgehead atoms. The number of primary amides is 1. The highest BCUT2D eigenvalue weighted by Gasteiger charge is 2.40. The molecule has 0 spiro atoms.